The molecule has 2 N–H and O–H groups in total. The van der Waals surface area contributed by atoms with E-state index in [2.05, 4.69) is 20.5 Å². The number of anilines is 1. The Labute approximate surface area is 126 Å². The number of hydrogen-bond donors (Lipinski definition) is 2. The summed E-state index contributed by atoms with van der Waals surface area (Å²) in [5.74, 6) is 0.228. The van der Waals surface area contributed by atoms with Gasteiger partial charge in [-0.05, 0) is 31.5 Å². The molecule has 21 heavy (non-hydrogen) atoms. The van der Waals surface area contributed by atoms with Crippen LogP contribution in [0.3, 0.4) is 0 Å². The number of hydrogen-bond acceptors (Lipinski definition) is 4. The molecule has 0 aliphatic rings. The Hall–Kier alpha value is -1.89. The molecule has 1 aromatic carbocycles. The highest BCUT2D eigenvalue weighted by atomic mass is 32.2. The molecular weight excluding hydrogens is 291 g/mol. The lowest BCUT2D eigenvalue weighted by Gasteiger charge is -2.10. The molecule has 0 aliphatic heterocycles. The van der Waals surface area contributed by atoms with Crippen molar-refractivity contribution in [2.75, 3.05) is 5.32 Å². The fraction of sp³-hybridized carbons (Fsp3) is 0.357. The van der Waals surface area contributed by atoms with Crippen molar-refractivity contribution >= 4 is 23.4 Å². The van der Waals surface area contributed by atoms with Crippen LogP contribution >= 0.6 is 11.8 Å². The number of aromatic nitrogens is 3. The van der Waals surface area contributed by atoms with Gasteiger partial charge in [0.1, 0.15) is 11.6 Å². The molecule has 0 saturated heterocycles. The number of benzene rings is 1. The van der Waals surface area contributed by atoms with Crippen molar-refractivity contribution in [1.29, 1.82) is 0 Å². The SMILES string of the molecule is CCc1nc(S[C@@H](C)C(=O)Nc2ccc(C)c(F)c2)n[nH]1. The summed E-state index contributed by atoms with van der Waals surface area (Å²) in [5.41, 5.74) is 0.989. The molecule has 0 radical (unpaired) electrons. The number of carbonyl (C=O) groups is 1. The predicted molar refractivity (Wildman–Crippen MR) is 80.8 cm³/mol. The summed E-state index contributed by atoms with van der Waals surface area (Å²) in [6.07, 6.45) is 0.761. The fourth-order valence-electron chi connectivity index (χ4n) is 1.61. The van der Waals surface area contributed by atoms with Gasteiger partial charge < -0.3 is 5.32 Å². The molecular formula is C14H17FN4OS. The van der Waals surface area contributed by atoms with Gasteiger partial charge in [-0.2, -0.15) is 0 Å². The Morgan fingerprint density at radius 1 is 1.52 bits per heavy atom. The number of nitrogens with zero attached hydrogens (tertiary/aromatic N) is 2. The number of halogens is 1. The lowest BCUT2D eigenvalue weighted by Crippen LogP contribution is -2.22. The van der Waals surface area contributed by atoms with Gasteiger partial charge in [-0.15, -0.1) is 5.10 Å². The van der Waals surface area contributed by atoms with Crippen LogP contribution in [-0.4, -0.2) is 26.3 Å². The van der Waals surface area contributed by atoms with E-state index in [9.17, 15) is 9.18 Å². The third kappa shape index (κ3) is 4.04. The molecule has 1 aromatic heterocycles. The minimum absolute atomic E-state index is 0.217. The third-order valence-corrected chi connectivity index (χ3v) is 3.90. The maximum Gasteiger partial charge on any atom is 0.237 e. The van der Waals surface area contributed by atoms with E-state index in [4.69, 9.17) is 0 Å². The zero-order valence-electron chi connectivity index (χ0n) is 12.1. The number of nitrogens with one attached hydrogen (secondary N) is 2. The standard InChI is InChI=1S/C14H17FN4OS/c1-4-12-17-14(19-18-12)21-9(3)13(20)16-10-6-5-8(2)11(15)7-10/h5-7,9H,4H2,1-3H3,(H,16,20)(H,17,18,19)/t9-/m0/s1. The average molecular weight is 308 g/mol. The molecule has 1 atom stereocenters. The number of aryl methyl sites for hydroxylation is 2. The normalized spacial score (nSPS) is 12.2. The van der Waals surface area contributed by atoms with Gasteiger partial charge in [0, 0.05) is 12.1 Å². The molecule has 2 aromatic rings. The van der Waals surface area contributed by atoms with Gasteiger partial charge >= 0.3 is 0 Å². The molecule has 0 bridgehead atoms. The topological polar surface area (TPSA) is 70.7 Å². The maximum absolute atomic E-state index is 13.4. The fourth-order valence-corrected chi connectivity index (χ4v) is 2.36. The Bertz CT molecular complexity index is 644. The molecule has 1 amide bonds. The monoisotopic (exact) mass is 308 g/mol. The van der Waals surface area contributed by atoms with Gasteiger partial charge in [-0.25, -0.2) is 9.37 Å². The van der Waals surface area contributed by atoms with Crippen molar-refractivity contribution in [3.63, 3.8) is 0 Å². The van der Waals surface area contributed by atoms with Crippen LogP contribution in [0.4, 0.5) is 10.1 Å². The summed E-state index contributed by atoms with van der Waals surface area (Å²) in [6, 6.07) is 4.62. The van der Waals surface area contributed by atoms with Crippen molar-refractivity contribution in [2.45, 2.75) is 37.6 Å². The maximum atomic E-state index is 13.4. The minimum Gasteiger partial charge on any atom is -0.325 e. The summed E-state index contributed by atoms with van der Waals surface area (Å²) < 4.78 is 13.4. The molecule has 0 fully saturated rings. The quantitative estimate of drug-likeness (QED) is 0.833. The molecule has 7 heteroatoms. The van der Waals surface area contributed by atoms with E-state index in [-0.39, 0.29) is 17.0 Å². The van der Waals surface area contributed by atoms with Crippen LogP contribution in [-0.2, 0) is 11.2 Å². The highest BCUT2D eigenvalue weighted by Crippen LogP contribution is 2.21. The molecule has 0 aliphatic carbocycles. The number of amides is 1. The van der Waals surface area contributed by atoms with E-state index >= 15 is 0 Å². The second kappa shape index (κ2) is 6.71. The Kier molecular flexibility index (Phi) is 4.95. The van der Waals surface area contributed by atoms with Gasteiger partial charge in [0.25, 0.3) is 0 Å². The molecule has 0 saturated carbocycles. The van der Waals surface area contributed by atoms with E-state index in [0.29, 0.717) is 16.4 Å². The number of aromatic amines is 1. The highest BCUT2D eigenvalue weighted by molar-refractivity contribution is 8.00. The Morgan fingerprint density at radius 2 is 2.29 bits per heavy atom. The molecule has 0 unspecified atom stereocenters. The largest absolute Gasteiger partial charge is 0.325 e. The lowest BCUT2D eigenvalue weighted by atomic mass is 10.2. The smallest absolute Gasteiger partial charge is 0.237 e. The highest BCUT2D eigenvalue weighted by Gasteiger charge is 2.17. The number of carbonyl (C=O) groups excluding carboxylic acids is 1. The van der Waals surface area contributed by atoms with E-state index in [1.807, 2.05) is 6.92 Å². The molecule has 2 rings (SSSR count). The van der Waals surface area contributed by atoms with Gasteiger partial charge in [0.2, 0.25) is 11.1 Å². The van der Waals surface area contributed by atoms with Crippen LogP contribution in [0, 0.1) is 12.7 Å². The van der Waals surface area contributed by atoms with E-state index in [0.717, 1.165) is 12.2 Å². The molecule has 5 nitrogen and oxygen atoms in total. The van der Waals surface area contributed by atoms with E-state index < -0.39 is 0 Å². The summed E-state index contributed by atoms with van der Waals surface area (Å²) in [5, 5.41) is 9.67. The van der Waals surface area contributed by atoms with Crippen LogP contribution < -0.4 is 5.32 Å². The second-order valence-electron chi connectivity index (χ2n) is 4.63. The average Bonchev–Trinajstić information content (AvgIpc) is 2.90. The van der Waals surface area contributed by atoms with Gasteiger partial charge in [-0.1, -0.05) is 24.8 Å². The molecule has 112 valence electrons. The third-order valence-electron chi connectivity index (χ3n) is 2.94. The minimum atomic E-state index is -0.380. The van der Waals surface area contributed by atoms with Crippen LogP contribution in [0.15, 0.2) is 23.4 Å². The first-order chi connectivity index (χ1) is 9.99. The second-order valence-corrected chi connectivity index (χ2v) is 5.94. The van der Waals surface area contributed by atoms with Gasteiger partial charge in [0.05, 0.1) is 5.25 Å². The Morgan fingerprint density at radius 3 is 2.90 bits per heavy atom. The van der Waals surface area contributed by atoms with Gasteiger partial charge in [-0.3, -0.25) is 9.89 Å². The number of H-pyrrole nitrogens is 1. The zero-order valence-corrected chi connectivity index (χ0v) is 12.9. The molecule has 0 spiro atoms. The zero-order chi connectivity index (χ0) is 15.4. The number of rotatable bonds is 5. The van der Waals surface area contributed by atoms with Crippen molar-refractivity contribution in [3.05, 3.63) is 35.4 Å². The number of thioether (sulfide) groups is 1. The van der Waals surface area contributed by atoms with Crippen molar-refractivity contribution in [1.82, 2.24) is 15.2 Å². The van der Waals surface area contributed by atoms with Crippen LogP contribution in [0.5, 0.6) is 0 Å². The van der Waals surface area contributed by atoms with Crippen molar-refractivity contribution in [2.24, 2.45) is 0 Å². The lowest BCUT2D eigenvalue weighted by molar-refractivity contribution is -0.115. The van der Waals surface area contributed by atoms with Crippen molar-refractivity contribution < 1.29 is 9.18 Å². The summed E-state index contributed by atoms with van der Waals surface area (Å²) in [7, 11) is 0. The Balaban J connectivity index is 1.97. The summed E-state index contributed by atoms with van der Waals surface area (Å²) in [6.45, 7) is 5.40. The van der Waals surface area contributed by atoms with Crippen molar-refractivity contribution in [3.8, 4) is 0 Å². The molecule has 1 heterocycles. The van der Waals surface area contributed by atoms with Crippen LogP contribution in [0.1, 0.15) is 25.2 Å². The first kappa shape index (κ1) is 15.5. The summed E-state index contributed by atoms with van der Waals surface area (Å²) >= 11 is 1.26. The van der Waals surface area contributed by atoms with E-state index in [1.54, 1.807) is 26.0 Å². The van der Waals surface area contributed by atoms with Gasteiger partial charge in [0.15, 0.2) is 0 Å². The summed E-state index contributed by atoms with van der Waals surface area (Å²) in [4.78, 5) is 16.3. The van der Waals surface area contributed by atoms with E-state index in [1.165, 1.54) is 17.8 Å². The predicted octanol–water partition coefficient (Wildman–Crippen LogP) is 2.93. The first-order valence-electron chi connectivity index (χ1n) is 6.64. The first-order valence-corrected chi connectivity index (χ1v) is 7.52. The van der Waals surface area contributed by atoms with Crippen LogP contribution in [0.2, 0.25) is 0 Å². The van der Waals surface area contributed by atoms with Crippen LogP contribution in [0.25, 0.3) is 0 Å².